The molecule has 0 aliphatic heterocycles. The third-order valence-electron chi connectivity index (χ3n) is 1.23. The molecule has 0 radical (unpaired) electrons. The van der Waals surface area contributed by atoms with E-state index in [4.69, 9.17) is 15.3 Å². The van der Waals surface area contributed by atoms with Crippen LogP contribution in [0.2, 0.25) is 0 Å². The first kappa shape index (κ1) is 9.90. The summed E-state index contributed by atoms with van der Waals surface area (Å²) in [5.41, 5.74) is 0. The molecule has 0 aliphatic carbocycles. The van der Waals surface area contributed by atoms with Crippen molar-refractivity contribution in [3.8, 4) is 0 Å². The first-order valence-corrected chi connectivity index (χ1v) is 3.12. The Labute approximate surface area is 60.9 Å². The number of aliphatic hydroxyl groups is 3. The molecule has 0 saturated heterocycles. The van der Waals surface area contributed by atoms with Gasteiger partial charge >= 0.3 is 0 Å². The molecule has 0 aromatic carbocycles. The predicted octanol–water partition coefficient (Wildman–Crippen LogP) is -2.35. The maximum Gasteiger partial charge on any atom is 0.257 e. The highest BCUT2D eigenvalue weighted by Gasteiger charge is 2.20. The molecule has 0 aromatic heterocycles. The van der Waals surface area contributed by atoms with Gasteiger partial charge in [-0.2, -0.15) is 0 Å². The van der Waals surface area contributed by atoms with Gasteiger partial charge in [0.25, 0.3) is 8.05 Å². The van der Waals surface area contributed by atoms with Crippen LogP contribution in [0.1, 0.15) is 6.92 Å². The zero-order valence-electron chi connectivity index (χ0n) is 6.19. The summed E-state index contributed by atoms with van der Waals surface area (Å²) in [6.45, 7) is 1.44. The van der Waals surface area contributed by atoms with Crippen LogP contribution in [0.25, 0.3) is 0 Å². The fraction of sp³-hybridized carbons (Fsp3) is 1.00. The molecular weight excluding hydrogens is 135 g/mol. The van der Waals surface area contributed by atoms with E-state index >= 15 is 0 Å². The second kappa shape index (κ2) is 4.68. The molecule has 4 nitrogen and oxygen atoms in total. The molecule has 3 atom stereocenters. The van der Waals surface area contributed by atoms with E-state index in [-0.39, 0.29) is 6.61 Å². The van der Waals surface area contributed by atoms with Crippen LogP contribution in [-0.4, -0.2) is 48.3 Å². The molecule has 0 heterocycles. The Morgan fingerprint density at radius 2 is 1.90 bits per heavy atom. The Morgan fingerprint density at radius 3 is 2.20 bits per heavy atom. The number of hydrogen-bond donors (Lipinski definition) is 3. The first-order valence-electron chi connectivity index (χ1n) is 3.12. The Bertz CT molecular complexity index is 87.7. The Kier molecular flexibility index (Phi) is 4.63. The maximum absolute atomic E-state index is 8.95. The van der Waals surface area contributed by atoms with Gasteiger partial charge in [-0.05, 0) is 6.92 Å². The molecule has 5 heteroatoms. The van der Waals surface area contributed by atoms with E-state index in [1.165, 1.54) is 15.0 Å². The van der Waals surface area contributed by atoms with E-state index in [2.05, 4.69) is 4.65 Å². The highest BCUT2D eigenvalue weighted by atomic mass is 16.4. The summed E-state index contributed by atoms with van der Waals surface area (Å²) in [4.78, 5) is 0. The minimum Gasteiger partial charge on any atom is -0.441 e. The van der Waals surface area contributed by atoms with Crippen molar-refractivity contribution in [1.82, 2.24) is 0 Å². The zero-order valence-corrected chi connectivity index (χ0v) is 6.19. The average Bonchev–Trinajstić information content (AvgIpc) is 1.87. The predicted molar refractivity (Wildman–Crippen MR) is 38.2 cm³/mol. The fourth-order valence-corrected chi connectivity index (χ4v) is 0.591. The molecule has 0 fully saturated rings. The molecule has 10 heavy (non-hydrogen) atoms. The van der Waals surface area contributed by atoms with E-state index in [0.717, 1.165) is 0 Å². The van der Waals surface area contributed by atoms with Crippen molar-refractivity contribution in [2.75, 3.05) is 6.61 Å². The summed E-state index contributed by atoms with van der Waals surface area (Å²) in [6, 6.07) is 0. The van der Waals surface area contributed by atoms with Crippen molar-refractivity contribution in [3.05, 3.63) is 0 Å². The molecule has 0 spiro atoms. The van der Waals surface area contributed by atoms with Gasteiger partial charge in [0, 0.05) is 0 Å². The zero-order chi connectivity index (χ0) is 8.15. The van der Waals surface area contributed by atoms with Gasteiger partial charge < -0.3 is 20.0 Å². The topological polar surface area (TPSA) is 69.9 Å². The highest BCUT2D eigenvalue weighted by molar-refractivity contribution is 5.97. The normalized spacial score (nSPS) is 20.0. The van der Waals surface area contributed by atoms with Crippen molar-refractivity contribution in [1.29, 1.82) is 0 Å². The van der Waals surface area contributed by atoms with E-state index in [9.17, 15) is 0 Å². The fourth-order valence-electron chi connectivity index (χ4n) is 0.591. The van der Waals surface area contributed by atoms with Crippen LogP contribution in [0.3, 0.4) is 0 Å². The SMILES string of the molecule is BOCC(O)C(O)C(C)O. The number of aliphatic hydroxyl groups excluding tert-OH is 3. The summed E-state index contributed by atoms with van der Waals surface area (Å²) in [7, 11) is 1.41. The van der Waals surface area contributed by atoms with Crippen LogP contribution in [0.5, 0.6) is 0 Å². The maximum atomic E-state index is 8.95. The third kappa shape index (κ3) is 3.17. The van der Waals surface area contributed by atoms with Crippen molar-refractivity contribution in [3.63, 3.8) is 0 Å². The molecule has 3 N–H and O–H groups in total. The minimum atomic E-state index is -1.13. The van der Waals surface area contributed by atoms with Crippen LogP contribution in [0.4, 0.5) is 0 Å². The van der Waals surface area contributed by atoms with Crippen molar-refractivity contribution >= 4 is 8.05 Å². The minimum absolute atomic E-state index is 0.0338. The molecule has 0 amide bonds. The molecule has 0 aromatic rings. The van der Waals surface area contributed by atoms with Gasteiger partial charge in [0.1, 0.15) is 12.2 Å². The highest BCUT2D eigenvalue weighted by Crippen LogP contribution is 1.98. The monoisotopic (exact) mass is 148 g/mol. The second-order valence-electron chi connectivity index (χ2n) is 2.25. The summed E-state index contributed by atoms with van der Waals surface area (Å²) >= 11 is 0. The van der Waals surface area contributed by atoms with Crippen molar-refractivity contribution < 1.29 is 20.0 Å². The molecule has 0 saturated carbocycles. The van der Waals surface area contributed by atoms with Crippen LogP contribution >= 0.6 is 0 Å². The smallest absolute Gasteiger partial charge is 0.257 e. The Hall–Kier alpha value is -0.0951. The summed E-state index contributed by atoms with van der Waals surface area (Å²) in [6.07, 6.45) is -3.06. The molecule has 0 bridgehead atoms. The van der Waals surface area contributed by atoms with Crippen LogP contribution < -0.4 is 0 Å². The van der Waals surface area contributed by atoms with E-state index in [1.807, 2.05) is 0 Å². The lowest BCUT2D eigenvalue weighted by Gasteiger charge is -2.19. The van der Waals surface area contributed by atoms with Gasteiger partial charge in [0.2, 0.25) is 0 Å². The van der Waals surface area contributed by atoms with Gasteiger partial charge in [0.15, 0.2) is 0 Å². The number of rotatable bonds is 4. The summed E-state index contributed by atoms with van der Waals surface area (Å²) in [5, 5.41) is 26.7. The molecule has 3 unspecified atom stereocenters. The molecule has 60 valence electrons. The van der Waals surface area contributed by atoms with Crippen molar-refractivity contribution in [2.24, 2.45) is 0 Å². The quantitative estimate of drug-likeness (QED) is 0.390. The van der Waals surface area contributed by atoms with Gasteiger partial charge in [-0.3, -0.25) is 0 Å². The van der Waals surface area contributed by atoms with E-state index in [0.29, 0.717) is 0 Å². The van der Waals surface area contributed by atoms with Crippen LogP contribution in [0, 0.1) is 0 Å². The lowest BCUT2D eigenvalue weighted by Crippen LogP contribution is -2.38. The standard InChI is InChI=1S/C5H13BO4/c1-3(7)5(9)4(8)2-10-6/h3-5,7-9H,2,6H2,1H3. The van der Waals surface area contributed by atoms with Crippen LogP contribution in [0.15, 0.2) is 0 Å². The molecular formula is C5H13BO4. The molecule has 0 rings (SSSR count). The Morgan fingerprint density at radius 1 is 1.40 bits per heavy atom. The largest absolute Gasteiger partial charge is 0.441 e. The van der Waals surface area contributed by atoms with Gasteiger partial charge in [0.05, 0.1) is 12.7 Å². The van der Waals surface area contributed by atoms with Gasteiger partial charge in [-0.25, -0.2) is 0 Å². The lowest BCUT2D eigenvalue weighted by molar-refractivity contribution is -0.0654. The second-order valence-corrected chi connectivity index (χ2v) is 2.25. The number of hydrogen-bond acceptors (Lipinski definition) is 4. The van der Waals surface area contributed by atoms with Crippen LogP contribution in [-0.2, 0) is 4.65 Å². The molecule has 0 aliphatic rings. The van der Waals surface area contributed by atoms with Crippen molar-refractivity contribution in [2.45, 2.75) is 25.2 Å². The summed E-state index contributed by atoms with van der Waals surface area (Å²) in [5.74, 6) is 0. The first-order chi connectivity index (χ1) is 4.59. The van der Waals surface area contributed by atoms with E-state index < -0.39 is 18.3 Å². The lowest BCUT2D eigenvalue weighted by atomic mass is 10.1. The average molecular weight is 148 g/mol. The Balaban J connectivity index is 3.58. The van der Waals surface area contributed by atoms with Gasteiger partial charge in [-0.1, -0.05) is 0 Å². The van der Waals surface area contributed by atoms with Gasteiger partial charge in [-0.15, -0.1) is 0 Å². The van der Waals surface area contributed by atoms with E-state index in [1.54, 1.807) is 0 Å². The third-order valence-corrected chi connectivity index (χ3v) is 1.23. The summed E-state index contributed by atoms with van der Waals surface area (Å²) < 4.78 is 4.55.